The fraction of sp³-hybridized carbons (Fsp3) is 0.0952. The summed E-state index contributed by atoms with van der Waals surface area (Å²) in [6, 6.07) is 19.4. The second-order valence-electron chi connectivity index (χ2n) is 6.63. The van der Waals surface area contributed by atoms with Crippen molar-refractivity contribution in [3.63, 3.8) is 0 Å². The first-order valence-corrected chi connectivity index (χ1v) is 11.5. The molecule has 0 saturated heterocycles. The van der Waals surface area contributed by atoms with E-state index >= 15 is 0 Å². The maximum absolute atomic E-state index is 12.9. The third kappa shape index (κ3) is 4.07. The number of nitrogens with zero attached hydrogens (tertiary/aromatic N) is 1. The predicted octanol–water partition coefficient (Wildman–Crippen LogP) is 4.87. The number of anilines is 1. The molecule has 0 aliphatic carbocycles. The van der Waals surface area contributed by atoms with Crippen LogP contribution in [0, 0.1) is 6.92 Å². The van der Waals surface area contributed by atoms with E-state index in [1.165, 1.54) is 12.1 Å². The average molecular weight is 445 g/mol. The normalized spacial score (nSPS) is 11.7. The third-order valence-electron chi connectivity index (χ3n) is 4.58. The summed E-state index contributed by atoms with van der Waals surface area (Å²) < 4.78 is 30.6. The molecule has 0 aliphatic rings. The van der Waals surface area contributed by atoms with Gasteiger partial charge in [0.15, 0.2) is 0 Å². The second kappa shape index (κ2) is 7.67. The van der Waals surface area contributed by atoms with Crippen LogP contribution in [0.4, 0.5) is 5.69 Å². The summed E-state index contributed by atoms with van der Waals surface area (Å²) >= 11 is 7.02. The molecule has 0 atom stereocenters. The summed E-state index contributed by atoms with van der Waals surface area (Å²) in [6.45, 7) is 2.23. The van der Waals surface area contributed by atoms with Crippen molar-refractivity contribution in [3.8, 4) is 0 Å². The number of nitrogens with one attached hydrogen (secondary N) is 1. The zero-order valence-corrected chi connectivity index (χ0v) is 17.8. The fourth-order valence-electron chi connectivity index (χ4n) is 3.04. The summed E-state index contributed by atoms with van der Waals surface area (Å²) in [5.74, 6) is 0. The Morgan fingerprint density at radius 3 is 2.55 bits per heavy atom. The van der Waals surface area contributed by atoms with Crippen molar-refractivity contribution >= 4 is 48.9 Å². The lowest BCUT2D eigenvalue weighted by atomic mass is 10.2. The van der Waals surface area contributed by atoms with Crippen LogP contribution in [0.15, 0.2) is 76.4 Å². The van der Waals surface area contributed by atoms with Crippen molar-refractivity contribution in [2.24, 2.45) is 0 Å². The van der Waals surface area contributed by atoms with E-state index in [9.17, 15) is 13.2 Å². The summed E-state index contributed by atoms with van der Waals surface area (Å²) in [5, 5.41) is 0.444. The number of hydrogen-bond acceptors (Lipinski definition) is 4. The standard InChI is InChI=1S/C21H17ClN2O3S2/c1-14-7-8-16(22)11-18(14)23-29(26,27)17-9-10-19-20(12-17)28-21(25)24(19)13-15-5-3-2-4-6-15/h2-12,23H,13H2,1H3. The van der Waals surface area contributed by atoms with Crippen molar-refractivity contribution in [3.05, 3.63) is 92.5 Å². The molecule has 0 bridgehead atoms. The van der Waals surface area contributed by atoms with E-state index in [0.29, 0.717) is 27.5 Å². The highest BCUT2D eigenvalue weighted by Crippen LogP contribution is 2.26. The molecule has 0 spiro atoms. The molecule has 3 aromatic carbocycles. The minimum Gasteiger partial charge on any atom is -0.294 e. The Kier molecular flexibility index (Phi) is 5.21. The molecule has 29 heavy (non-hydrogen) atoms. The topological polar surface area (TPSA) is 68.2 Å². The predicted molar refractivity (Wildman–Crippen MR) is 119 cm³/mol. The van der Waals surface area contributed by atoms with Crippen LogP contribution in [-0.4, -0.2) is 13.0 Å². The van der Waals surface area contributed by atoms with Gasteiger partial charge in [0.2, 0.25) is 0 Å². The Morgan fingerprint density at radius 1 is 1.03 bits per heavy atom. The minimum atomic E-state index is -3.82. The Balaban J connectivity index is 1.70. The van der Waals surface area contributed by atoms with Gasteiger partial charge in [-0.15, -0.1) is 0 Å². The van der Waals surface area contributed by atoms with Crippen molar-refractivity contribution in [2.45, 2.75) is 18.4 Å². The van der Waals surface area contributed by atoms with E-state index in [1.807, 2.05) is 30.3 Å². The number of thiazole rings is 1. The van der Waals surface area contributed by atoms with Gasteiger partial charge in [0, 0.05) is 5.02 Å². The highest BCUT2D eigenvalue weighted by molar-refractivity contribution is 7.92. The maximum atomic E-state index is 12.9. The zero-order valence-electron chi connectivity index (χ0n) is 15.4. The largest absolute Gasteiger partial charge is 0.308 e. The first-order valence-electron chi connectivity index (χ1n) is 8.80. The molecule has 1 heterocycles. The molecule has 0 unspecified atom stereocenters. The van der Waals surface area contributed by atoms with E-state index in [0.717, 1.165) is 22.5 Å². The fourth-order valence-corrected chi connectivity index (χ4v) is 5.36. The van der Waals surface area contributed by atoms with Crippen molar-refractivity contribution in [1.82, 2.24) is 4.57 Å². The number of fused-ring (bicyclic) bond motifs is 1. The Morgan fingerprint density at radius 2 is 1.79 bits per heavy atom. The molecule has 1 N–H and O–H groups in total. The van der Waals surface area contributed by atoms with Gasteiger partial charge in [-0.05, 0) is 48.4 Å². The van der Waals surface area contributed by atoms with E-state index in [-0.39, 0.29) is 9.77 Å². The molecule has 4 aromatic rings. The van der Waals surface area contributed by atoms with Crippen LogP contribution < -0.4 is 9.60 Å². The molecule has 0 fully saturated rings. The molecule has 0 saturated carbocycles. The molecule has 0 amide bonds. The van der Waals surface area contributed by atoms with Crippen LogP contribution in [0.5, 0.6) is 0 Å². The number of benzene rings is 3. The lowest BCUT2D eigenvalue weighted by molar-refractivity contribution is 0.601. The van der Waals surface area contributed by atoms with Crippen molar-refractivity contribution in [2.75, 3.05) is 4.72 Å². The molecule has 0 aliphatic heterocycles. The van der Waals surface area contributed by atoms with Crippen LogP contribution in [0.1, 0.15) is 11.1 Å². The van der Waals surface area contributed by atoms with Gasteiger partial charge in [-0.1, -0.05) is 59.3 Å². The highest BCUT2D eigenvalue weighted by Gasteiger charge is 2.18. The number of rotatable bonds is 5. The van der Waals surface area contributed by atoms with Crippen molar-refractivity contribution < 1.29 is 8.42 Å². The molecular formula is C21H17ClN2O3S2. The summed E-state index contributed by atoms with van der Waals surface area (Å²) in [5.41, 5.74) is 2.90. The lowest BCUT2D eigenvalue weighted by Gasteiger charge is -2.11. The average Bonchev–Trinajstić information content (AvgIpc) is 3.00. The number of sulfonamides is 1. The smallest absolute Gasteiger partial charge is 0.294 e. The van der Waals surface area contributed by atoms with Crippen LogP contribution in [0.2, 0.25) is 5.02 Å². The molecular weight excluding hydrogens is 428 g/mol. The van der Waals surface area contributed by atoms with E-state index in [2.05, 4.69) is 4.72 Å². The van der Waals surface area contributed by atoms with Gasteiger partial charge in [0.1, 0.15) is 0 Å². The van der Waals surface area contributed by atoms with Crippen LogP contribution >= 0.6 is 22.9 Å². The van der Waals surface area contributed by atoms with Gasteiger partial charge < -0.3 is 0 Å². The van der Waals surface area contributed by atoms with E-state index in [1.54, 1.807) is 35.8 Å². The summed E-state index contributed by atoms with van der Waals surface area (Å²) in [6.07, 6.45) is 0. The SMILES string of the molecule is Cc1ccc(Cl)cc1NS(=O)(=O)c1ccc2c(c1)sc(=O)n2Cc1ccccc1. The second-order valence-corrected chi connectivity index (χ2v) is 9.75. The number of halogens is 1. The zero-order chi connectivity index (χ0) is 20.6. The molecule has 5 nitrogen and oxygen atoms in total. The van der Waals surface area contributed by atoms with Gasteiger partial charge in [0.25, 0.3) is 10.0 Å². The van der Waals surface area contributed by atoms with E-state index < -0.39 is 10.0 Å². The summed E-state index contributed by atoms with van der Waals surface area (Å²) in [7, 11) is -3.82. The Labute approximate surface area is 177 Å². The number of aromatic nitrogens is 1. The van der Waals surface area contributed by atoms with Gasteiger partial charge >= 0.3 is 4.87 Å². The first-order chi connectivity index (χ1) is 13.8. The Bertz CT molecular complexity index is 1360. The van der Waals surface area contributed by atoms with Gasteiger partial charge in [-0.25, -0.2) is 8.42 Å². The van der Waals surface area contributed by atoms with Crippen LogP contribution in [0.3, 0.4) is 0 Å². The summed E-state index contributed by atoms with van der Waals surface area (Å²) in [4.78, 5) is 12.4. The van der Waals surface area contributed by atoms with E-state index in [4.69, 9.17) is 11.6 Å². The molecule has 0 radical (unpaired) electrons. The van der Waals surface area contributed by atoms with Gasteiger partial charge in [0.05, 0.1) is 27.3 Å². The van der Waals surface area contributed by atoms with Crippen molar-refractivity contribution in [1.29, 1.82) is 0 Å². The van der Waals surface area contributed by atoms with Gasteiger partial charge in [-0.3, -0.25) is 14.1 Å². The van der Waals surface area contributed by atoms with Crippen LogP contribution in [-0.2, 0) is 16.6 Å². The Hall–Kier alpha value is -2.61. The minimum absolute atomic E-state index is 0.0949. The molecule has 148 valence electrons. The molecule has 4 rings (SSSR count). The first kappa shape index (κ1) is 19.7. The third-order valence-corrected chi connectivity index (χ3v) is 7.12. The number of aryl methyl sites for hydroxylation is 1. The molecule has 1 aromatic heterocycles. The lowest BCUT2D eigenvalue weighted by Crippen LogP contribution is -2.14. The number of hydrogen-bond donors (Lipinski definition) is 1. The maximum Gasteiger partial charge on any atom is 0.308 e. The van der Waals surface area contributed by atoms with Gasteiger partial charge in [-0.2, -0.15) is 0 Å². The molecule has 8 heteroatoms. The van der Waals surface area contributed by atoms with Crippen LogP contribution in [0.25, 0.3) is 10.2 Å². The highest BCUT2D eigenvalue weighted by atomic mass is 35.5. The quantitative estimate of drug-likeness (QED) is 0.477. The monoisotopic (exact) mass is 444 g/mol.